The summed E-state index contributed by atoms with van der Waals surface area (Å²) in [6, 6.07) is 11.0. The number of nitrogens with one attached hydrogen (secondary N) is 1. The van der Waals surface area contributed by atoms with Crippen LogP contribution in [0.25, 0.3) is 10.9 Å². The molecule has 0 radical (unpaired) electrons. The zero-order valence-corrected chi connectivity index (χ0v) is 14.3. The molecule has 6 nitrogen and oxygen atoms in total. The molecule has 1 aromatic heterocycles. The molecule has 124 valence electrons. The molecule has 0 spiro atoms. The number of aryl methyl sites for hydroxylation is 2. The molecule has 3 rings (SSSR count). The summed E-state index contributed by atoms with van der Waals surface area (Å²) in [7, 11) is -4.05. The van der Waals surface area contributed by atoms with Gasteiger partial charge in [0.2, 0.25) is 0 Å². The number of hydrogen-bond acceptors (Lipinski definition) is 4. The molecule has 3 aromatic rings. The van der Waals surface area contributed by atoms with Gasteiger partial charge in [0, 0.05) is 11.1 Å². The van der Waals surface area contributed by atoms with Crippen LogP contribution in [0, 0.1) is 13.8 Å². The number of hydrogen-bond donors (Lipinski definition) is 3. The van der Waals surface area contributed by atoms with E-state index in [-0.39, 0.29) is 6.16 Å². The third-order valence-electron chi connectivity index (χ3n) is 3.86. The van der Waals surface area contributed by atoms with Gasteiger partial charge in [-0.1, -0.05) is 12.1 Å². The maximum Gasteiger partial charge on any atom is 0.329 e. The van der Waals surface area contributed by atoms with Crippen LogP contribution in [-0.4, -0.2) is 19.8 Å². The first-order valence-electron chi connectivity index (χ1n) is 7.44. The molecule has 0 aliphatic carbocycles. The second-order valence-electron chi connectivity index (χ2n) is 5.82. The van der Waals surface area contributed by atoms with E-state index in [2.05, 4.69) is 21.4 Å². The summed E-state index contributed by atoms with van der Waals surface area (Å²) in [6.45, 7) is 4.09. The first-order valence-corrected chi connectivity index (χ1v) is 9.24. The highest BCUT2D eigenvalue weighted by atomic mass is 31.2. The summed E-state index contributed by atoms with van der Waals surface area (Å²) in [4.78, 5) is 26.7. The molecule has 0 atom stereocenters. The molecule has 1 heterocycles. The van der Waals surface area contributed by atoms with Crippen LogP contribution in [0.3, 0.4) is 0 Å². The first kappa shape index (κ1) is 16.6. The highest BCUT2D eigenvalue weighted by molar-refractivity contribution is 7.50. The van der Waals surface area contributed by atoms with Crippen LogP contribution >= 0.6 is 7.60 Å². The lowest BCUT2D eigenvalue weighted by atomic mass is 10.1. The van der Waals surface area contributed by atoms with Crippen LogP contribution in [-0.2, 0) is 10.7 Å². The Bertz CT molecular complexity index is 936. The van der Waals surface area contributed by atoms with E-state index in [4.69, 9.17) is 9.79 Å². The van der Waals surface area contributed by atoms with Crippen molar-refractivity contribution < 1.29 is 14.4 Å². The summed E-state index contributed by atoms with van der Waals surface area (Å²) in [5.41, 5.74) is 4.59. The van der Waals surface area contributed by atoms with E-state index in [9.17, 15) is 4.57 Å². The molecule has 0 amide bonds. The Labute approximate surface area is 139 Å². The van der Waals surface area contributed by atoms with Gasteiger partial charge >= 0.3 is 7.60 Å². The molecule has 0 aliphatic rings. The Balaban J connectivity index is 1.90. The van der Waals surface area contributed by atoms with Gasteiger partial charge in [0.05, 0.1) is 11.7 Å². The maximum absolute atomic E-state index is 11.0. The number of rotatable bonds is 4. The van der Waals surface area contributed by atoms with Crippen molar-refractivity contribution in [1.29, 1.82) is 0 Å². The predicted molar refractivity (Wildman–Crippen MR) is 94.5 cm³/mol. The van der Waals surface area contributed by atoms with Crippen molar-refractivity contribution in [3.05, 3.63) is 59.4 Å². The SMILES string of the molecule is Cc1cc2ncnc(Nc3ccc(CP(=O)(O)O)cc3)c2cc1C. The monoisotopic (exact) mass is 343 g/mol. The van der Waals surface area contributed by atoms with Crippen LogP contribution in [0.1, 0.15) is 16.7 Å². The highest BCUT2D eigenvalue weighted by Gasteiger charge is 2.13. The largest absolute Gasteiger partial charge is 0.340 e. The van der Waals surface area contributed by atoms with Gasteiger partial charge in [-0.15, -0.1) is 0 Å². The van der Waals surface area contributed by atoms with Gasteiger partial charge in [-0.3, -0.25) is 4.57 Å². The van der Waals surface area contributed by atoms with Gasteiger partial charge in [-0.25, -0.2) is 9.97 Å². The Kier molecular flexibility index (Phi) is 4.37. The van der Waals surface area contributed by atoms with Crippen molar-refractivity contribution in [3.8, 4) is 0 Å². The van der Waals surface area contributed by atoms with E-state index in [1.54, 1.807) is 24.3 Å². The van der Waals surface area contributed by atoms with Gasteiger partial charge in [0.1, 0.15) is 12.1 Å². The quantitative estimate of drug-likeness (QED) is 0.626. The minimum absolute atomic E-state index is 0.262. The number of nitrogens with zero attached hydrogens (tertiary/aromatic N) is 2. The fraction of sp³-hybridized carbons (Fsp3) is 0.176. The number of benzene rings is 2. The minimum atomic E-state index is -4.05. The smallest absolute Gasteiger partial charge is 0.329 e. The summed E-state index contributed by atoms with van der Waals surface area (Å²) in [6.07, 6.45) is 1.25. The zero-order chi connectivity index (χ0) is 17.3. The Morgan fingerprint density at radius 2 is 1.71 bits per heavy atom. The molecule has 0 saturated heterocycles. The van der Waals surface area contributed by atoms with E-state index in [0.717, 1.165) is 22.2 Å². The van der Waals surface area contributed by atoms with Crippen LogP contribution in [0.15, 0.2) is 42.7 Å². The molecule has 0 unspecified atom stereocenters. The summed E-state index contributed by atoms with van der Waals surface area (Å²) >= 11 is 0. The van der Waals surface area contributed by atoms with Crippen molar-refractivity contribution in [2.45, 2.75) is 20.0 Å². The van der Waals surface area contributed by atoms with E-state index in [1.807, 2.05) is 19.9 Å². The lowest BCUT2D eigenvalue weighted by Gasteiger charge is -2.11. The third-order valence-corrected chi connectivity index (χ3v) is 4.63. The van der Waals surface area contributed by atoms with Gasteiger partial charge in [-0.2, -0.15) is 0 Å². The molecular weight excluding hydrogens is 325 g/mol. The van der Waals surface area contributed by atoms with Crippen molar-refractivity contribution in [2.75, 3.05) is 5.32 Å². The number of anilines is 2. The zero-order valence-electron chi connectivity index (χ0n) is 13.4. The highest BCUT2D eigenvalue weighted by Crippen LogP contribution is 2.39. The molecule has 0 fully saturated rings. The minimum Gasteiger partial charge on any atom is -0.340 e. The van der Waals surface area contributed by atoms with E-state index < -0.39 is 7.60 Å². The fourth-order valence-corrected chi connectivity index (χ4v) is 3.17. The fourth-order valence-electron chi connectivity index (χ4n) is 2.48. The lowest BCUT2D eigenvalue weighted by molar-refractivity contribution is 0.371. The maximum atomic E-state index is 11.0. The third kappa shape index (κ3) is 3.79. The summed E-state index contributed by atoms with van der Waals surface area (Å²) in [5.74, 6) is 0.700. The van der Waals surface area contributed by atoms with Crippen LogP contribution in [0.4, 0.5) is 11.5 Å². The predicted octanol–water partition coefficient (Wildman–Crippen LogP) is 3.67. The van der Waals surface area contributed by atoms with Gasteiger partial charge in [0.15, 0.2) is 0 Å². The molecule has 0 saturated carbocycles. The van der Waals surface area contributed by atoms with Gasteiger partial charge < -0.3 is 15.1 Å². The molecule has 2 aromatic carbocycles. The average Bonchev–Trinajstić information content (AvgIpc) is 2.50. The summed E-state index contributed by atoms with van der Waals surface area (Å²) < 4.78 is 11.0. The van der Waals surface area contributed by atoms with Crippen LogP contribution in [0.5, 0.6) is 0 Å². The molecule has 0 bridgehead atoms. The van der Waals surface area contributed by atoms with Crippen molar-refractivity contribution >= 4 is 30.0 Å². The van der Waals surface area contributed by atoms with Gasteiger partial charge in [0.25, 0.3) is 0 Å². The Hall–Kier alpha value is -2.27. The molecule has 7 heteroatoms. The second kappa shape index (κ2) is 6.32. The van der Waals surface area contributed by atoms with Crippen LogP contribution < -0.4 is 5.32 Å². The van der Waals surface area contributed by atoms with E-state index in [1.165, 1.54) is 11.9 Å². The normalized spacial score (nSPS) is 11.7. The number of fused-ring (bicyclic) bond motifs is 1. The molecule has 24 heavy (non-hydrogen) atoms. The first-order chi connectivity index (χ1) is 11.3. The second-order valence-corrected chi connectivity index (χ2v) is 7.47. The van der Waals surface area contributed by atoms with Crippen molar-refractivity contribution in [2.24, 2.45) is 0 Å². The Morgan fingerprint density at radius 3 is 2.38 bits per heavy atom. The molecule has 3 N–H and O–H groups in total. The van der Waals surface area contributed by atoms with Gasteiger partial charge in [-0.05, 0) is 54.8 Å². The lowest BCUT2D eigenvalue weighted by Crippen LogP contribution is -1.97. The van der Waals surface area contributed by atoms with Crippen molar-refractivity contribution in [1.82, 2.24) is 9.97 Å². The number of aromatic nitrogens is 2. The topological polar surface area (TPSA) is 95.3 Å². The summed E-state index contributed by atoms with van der Waals surface area (Å²) in [5, 5.41) is 4.17. The Morgan fingerprint density at radius 1 is 1.04 bits per heavy atom. The van der Waals surface area contributed by atoms with E-state index >= 15 is 0 Å². The van der Waals surface area contributed by atoms with Crippen LogP contribution in [0.2, 0.25) is 0 Å². The standard InChI is InChI=1S/C17H18N3O3P/c1-11-7-15-16(8-12(11)2)18-10-19-17(15)20-14-5-3-13(4-6-14)9-24(21,22)23/h3-8,10H,9H2,1-2H3,(H,18,19,20)(H2,21,22,23). The molecular formula is C17H18N3O3P. The molecule has 0 aliphatic heterocycles. The van der Waals surface area contributed by atoms with Crippen molar-refractivity contribution in [3.63, 3.8) is 0 Å². The average molecular weight is 343 g/mol. The van der Waals surface area contributed by atoms with E-state index in [0.29, 0.717) is 11.4 Å².